The maximum absolute atomic E-state index is 11.1. The van der Waals surface area contributed by atoms with E-state index >= 15 is 0 Å². The first kappa shape index (κ1) is 14.3. The van der Waals surface area contributed by atoms with E-state index in [1.807, 2.05) is 6.92 Å². The number of hydrogen-bond donors (Lipinski definition) is 3. The van der Waals surface area contributed by atoms with Crippen LogP contribution in [0.15, 0.2) is 0 Å². The van der Waals surface area contributed by atoms with Crippen molar-refractivity contribution >= 4 is 5.97 Å². The van der Waals surface area contributed by atoms with Gasteiger partial charge in [-0.25, -0.2) is 4.79 Å². The Morgan fingerprint density at radius 2 is 2.00 bits per heavy atom. The van der Waals surface area contributed by atoms with Gasteiger partial charge < -0.3 is 20.1 Å². The van der Waals surface area contributed by atoms with Gasteiger partial charge in [0.05, 0.1) is 6.61 Å². The number of esters is 1. The van der Waals surface area contributed by atoms with Crippen LogP contribution < -0.4 is 0 Å². The largest absolute Gasteiger partial charge is 0.461 e. The molecule has 0 aliphatic heterocycles. The first-order chi connectivity index (χ1) is 7.11. The fourth-order valence-electron chi connectivity index (χ4n) is 1.03. The minimum Gasteiger partial charge on any atom is -0.461 e. The Morgan fingerprint density at radius 3 is 2.53 bits per heavy atom. The molecule has 90 valence electrons. The standard InChI is InChI=1S/C10H20O5/c1-2-3-4-5-9(13)10(14)15-7-8(12)6-11/h8-9,11-13H,2-7H2,1H3. The van der Waals surface area contributed by atoms with Gasteiger partial charge >= 0.3 is 5.97 Å². The molecule has 0 saturated heterocycles. The van der Waals surface area contributed by atoms with Crippen LogP contribution in [0.3, 0.4) is 0 Å². The molecule has 0 fully saturated rings. The molecule has 0 saturated carbocycles. The Morgan fingerprint density at radius 1 is 1.33 bits per heavy atom. The maximum atomic E-state index is 11.1. The van der Waals surface area contributed by atoms with E-state index in [0.29, 0.717) is 6.42 Å². The average molecular weight is 220 g/mol. The van der Waals surface area contributed by atoms with E-state index < -0.39 is 24.8 Å². The molecule has 0 rings (SSSR count). The van der Waals surface area contributed by atoms with Crippen LogP contribution in [0, 0.1) is 0 Å². The molecule has 0 amide bonds. The first-order valence-corrected chi connectivity index (χ1v) is 5.25. The number of carbonyl (C=O) groups is 1. The topological polar surface area (TPSA) is 87.0 Å². The summed E-state index contributed by atoms with van der Waals surface area (Å²) in [6.45, 7) is 1.29. The van der Waals surface area contributed by atoms with Gasteiger partial charge in [-0.15, -0.1) is 0 Å². The summed E-state index contributed by atoms with van der Waals surface area (Å²) in [6.07, 6.45) is 0.936. The van der Waals surface area contributed by atoms with Crippen LogP contribution >= 0.6 is 0 Å². The van der Waals surface area contributed by atoms with Crippen molar-refractivity contribution in [3.63, 3.8) is 0 Å². The lowest BCUT2D eigenvalue weighted by molar-refractivity contribution is -0.157. The van der Waals surface area contributed by atoms with Crippen molar-refractivity contribution in [1.82, 2.24) is 0 Å². The number of rotatable bonds is 8. The van der Waals surface area contributed by atoms with Crippen molar-refractivity contribution in [2.75, 3.05) is 13.2 Å². The van der Waals surface area contributed by atoms with Crippen molar-refractivity contribution in [3.8, 4) is 0 Å². The van der Waals surface area contributed by atoms with Crippen molar-refractivity contribution < 1.29 is 24.9 Å². The summed E-state index contributed by atoms with van der Waals surface area (Å²) >= 11 is 0. The SMILES string of the molecule is CCCCCC(O)C(=O)OCC(O)CO. The molecule has 0 aromatic heterocycles. The van der Waals surface area contributed by atoms with Crippen LogP contribution in [0.4, 0.5) is 0 Å². The molecule has 0 spiro atoms. The molecule has 15 heavy (non-hydrogen) atoms. The molecule has 0 aromatic carbocycles. The molecule has 2 atom stereocenters. The number of unbranched alkanes of at least 4 members (excludes halogenated alkanes) is 2. The Bertz CT molecular complexity index is 171. The van der Waals surface area contributed by atoms with Crippen molar-refractivity contribution in [3.05, 3.63) is 0 Å². The molecule has 3 N–H and O–H groups in total. The van der Waals surface area contributed by atoms with Gasteiger partial charge in [0, 0.05) is 0 Å². The highest BCUT2D eigenvalue weighted by atomic mass is 16.6. The molecule has 0 radical (unpaired) electrons. The quantitative estimate of drug-likeness (QED) is 0.390. The lowest BCUT2D eigenvalue weighted by atomic mass is 10.1. The van der Waals surface area contributed by atoms with E-state index in [0.717, 1.165) is 19.3 Å². The van der Waals surface area contributed by atoms with Crippen molar-refractivity contribution in [2.24, 2.45) is 0 Å². The summed E-state index contributed by atoms with van der Waals surface area (Å²) in [5.74, 6) is -0.737. The first-order valence-electron chi connectivity index (χ1n) is 5.25. The normalized spacial score (nSPS) is 14.7. The summed E-state index contributed by atoms with van der Waals surface area (Å²) in [5, 5.41) is 26.7. The van der Waals surface area contributed by atoms with Crippen LogP contribution in [-0.2, 0) is 9.53 Å². The van der Waals surface area contributed by atoms with Crippen LogP contribution in [0.2, 0.25) is 0 Å². The van der Waals surface area contributed by atoms with Gasteiger partial charge in [-0.3, -0.25) is 0 Å². The van der Waals surface area contributed by atoms with E-state index in [2.05, 4.69) is 4.74 Å². The minimum absolute atomic E-state index is 0.278. The van der Waals surface area contributed by atoms with Crippen LogP contribution in [0.5, 0.6) is 0 Å². The fraction of sp³-hybridized carbons (Fsp3) is 0.900. The second kappa shape index (κ2) is 8.64. The zero-order chi connectivity index (χ0) is 11.7. The molecule has 0 bridgehead atoms. The Balaban J connectivity index is 3.60. The third-order valence-electron chi connectivity index (χ3n) is 1.98. The smallest absolute Gasteiger partial charge is 0.335 e. The number of aliphatic hydroxyl groups excluding tert-OH is 3. The van der Waals surface area contributed by atoms with Gasteiger partial charge in [-0.05, 0) is 6.42 Å². The van der Waals surface area contributed by atoms with Crippen molar-refractivity contribution in [2.45, 2.75) is 44.8 Å². The summed E-state index contributed by atoms with van der Waals surface area (Å²) in [5.41, 5.74) is 0. The third kappa shape index (κ3) is 7.30. The van der Waals surface area contributed by atoms with Crippen molar-refractivity contribution in [1.29, 1.82) is 0 Å². The van der Waals surface area contributed by atoms with Gasteiger partial charge in [0.25, 0.3) is 0 Å². The third-order valence-corrected chi connectivity index (χ3v) is 1.98. The van der Waals surface area contributed by atoms with Gasteiger partial charge in [0.2, 0.25) is 0 Å². The van der Waals surface area contributed by atoms with E-state index in [4.69, 9.17) is 10.2 Å². The number of hydrogen-bond acceptors (Lipinski definition) is 5. The second-order valence-electron chi connectivity index (χ2n) is 3.48. The number of carbonyl (C=O) groups excluding carboxylic acids is 1. The monoisotopic (exact) mass is 220 g/mol. The Kier molecular flexibility index (Phi) is 8.27. The molecule has 0 aliphatic rings. The second-order valence-corrected chi connectivity index (χ2v) is 3.48. The summed E-state index contributed by atoms with van der Waals surface area (Å²) in [7, 11) is 0. The summed E-state index contributed by atoms with van der Waals surface area (Å²) in [4.78, 5) is 11.1. The summed E-state index contributed by atoms with van der Waals surface area (Å²) < 4.78 is 4.59. The summed E-state index contributed by atoms with van der Waals surface area (Å²) in [6, 6.07) is 0. The van der Waals surface area contributed by atoms with Crippen LogP contribution in [0.25, 0.3) is 0 Å². The van der Waals surface area contributed by atoms with Crippen LogP contribution in [0.1, 0.15) is 32.6 Å². The number of aliphatic hydroxyl groups is 3. The van der Waals surface area contributed by atoms with E-state index in [-0.39, 0.29) is 6.61 Å². The van der Waals surface area contributed by atoms with Crippen LogP contribution in [-0.4, -0.2) is 46.7 Å². The zero-order valence-electron chi connectivity index (χ0n) is 9.06. The molecule has 5 nitrogen and oxygen atoms in total. The minimum atomic E-state index is -1.12. The molecule has 0 aromatic rings. The molecule has 0 heterocycles. The van der Waals surface area contributed by atoms with E-state index in [9.17, 15) is 9.90 Å². The maximum Gasteiger partial charge on any atom is 0.335 e. The lowest BCUT2D eigenvalue weighted by Gasteiger charge is -2.12. The molecule has 2 unspecified atom stereocenters. The van der Waals surface area contributed by atoms with Gasteiger partial charge in [-0.2, -0.15) is 0 Å². The average Bonchev–Trinajstić information content (AvgIpc) is 2.25. The Hall–Kier alpha value is -0.650. The van der Waals surface area contributed by atoms with Gasteiger partial charge in [-0.1, -0.05) is 26.2 Å². The Labute approximate surface area is 89.7 Å². The molecular weight excluding hydrogens is 200 g/mol. The predicted octanol–water partition coefficient (Wildman–Crippen LogP) is -0.176. The van der Waals surface area contributed by atoms with E-state index in [1.54, 1.807) is 0 Å². The fourth-order valence-corrected chi connectivity index (χ4v) is 1.03. The lowest BCUT2D eigenvalue weighted by Crippen LogP contribution is -2.28. The molecule has 0 aliphatic carbocycles. The molecule has 5 heteroatoms. The number of ether oxygens (including phenoxy) is 1. The highest BCUT2D eigenvalue weighted by Crippen LogP contribution is 2.04. The predicted molar refractivity (Wildman–Crippen MR) is 54.2 cm³/mol. The van der Waals surface area contributed by atoms with Gasteiger partial charge in [0.15, 0.2) is 6.10 Å². The molecular formula is C10H20O5. The van der Waals surface area contributed by atoms with E-state index in [1.165, 1.54) is 0 Å². The highest BCUT2D eigenvalue weighted by Gasteiger charge is 2.17. The van der Waals surface area contributed by atoms with Gasteiger partial charge in [0.1, 0.15) is 12.7 Å². The highest BCUT2D eigenvalue weighted by molar-refractivity contribution is 5.74. The zero-order valence-corrected chi connectivity index (χ0v) is 9.06.